The first-order valence-corrected chi connectivity index (χ1v) is 16.5. The van der Waals surface area contributed by atoms with Gasteiger partial charge in [0, 0.05) is 47.6 Å². The maximum absolute atomic E-state index is 9.40. The van der Waals surface area contributed by atoms with Gasteiger partial charge in [-0.3, -0.25) is 0 Å². The van der Waals surface area contributed by atoms with Gasteiger partial charge in [0.1, 0.15) is 11.2 Å². The van der Waals surface area contributed by atoms with Gasteiger partial charge in [0.15, 0.2) is 17.5 Å². The van der Waals surface area contributed by atoms with Crippen molar-refractivity contribution in [1.82, 2.24) is 15.0 Å². The molecule has 0 aliphatic rings. The molecule has 10 rings (SSSR count). The summed E-state index contributed by atoms with van der Waals surface area (Å²) in [7, 11) is 0. The van der Waals surface area contributed by atoms with E-state index >= 15 is 0 Å². The van der Waals surface area contributed by atoms with Crippen LogP contribution in [-0.2, 0) is 0 Å². The molecule has 5 heteroatoms. The van der Waals surface area contributed by atoms with E-state index in [0.29, 0.717) is 11.1 Å². The number of benzene rings is 7. The highest BCUT2D eigenvalue weighted by Gasteiger charge is 2.18. The van der Waals surface area contributed by atoms with Gasteiger partial charge in [0.05, 0.1) is 15.1 Å². The van der Waals surface area contributed by atoms with E-state index in [1.807, 2.05) is 97.1 Å². The fourth-order valence-corrected chi connectivity index (χ4v) is 7.41. The zero-order valence-corrected chi connectivity index (χ0v) is 26.7. The molecule has 0 fully saturated rings. The Balaban J connectivity index is 1.23. The Labute approximate surface area is 307 Å². The number of furan rings is 1. The van der Waals surface area contributed by atoms with Crippen LogP contribution in [0.1, 0.15) is 15.1 Å². The average molecular weight is 669 g/mol. The number of para-hydroxylation sites is 1. The molecule has 7 aromatic carbocycles. The SMILES string of the molecule is [2H]c1c([2H])c(-c2c([2H])c([2H])c([2H])c3oc4c([2H])c([2H])c([2H])c([2H])c4c23)c([2H])c([2H])c1-c1nc(-c2ccc(-c3ccccc3)cc2)nc(-c2cccc3c2sc2ccccc23)n1. The summed E-state index contributed by atoms with van der Waals surface area (Å²) >= 11 is 1.57. The molecule has 3 aromatic heterocycles. The van der Waals surface area contributed by atoms with E-state index in [2.05, 4.69) is 0 Å². The zero-order chi connectivity index (χ0) is 42.6. The molecule has 0 amide bonds. The predicted molar refractivity (Wildman–Crippen MR) is 207 cm³/mol. The summed E-state index contributed by atoms with van der Waals surface area (Å²) in [5.41, 5.74) is 1.57. The summed E-state index contributed by atoms with van der Waals surface area (Å²) in [6, 6.07) is 24.7. The first-order valence-electron chi connectivity index (χ1n) is 21.2. The number of rotatable bonds is 5. The standard InChI is InChI=1S/C45H27N3OS/c1-2-10-28(11-3-1)29-20-24-31(25-21-29)43-46-44(48-45(47-43)37-16-8-15-35-34-12-5-7-19-40(34)50-42(35)37)32-26-22-30(23-27-32)33-14-9-18-39-41(33)36-13-4-6-17-38(36)49-39/h1-27H/i4D,6D,9D,13D,14D,17D,18D,22D,23D,26D,27D. The van der Waals surface area contributed by atoms with Crippen LogP contribution in [0.5, 0.6) is 0 Å². The number of hydrogen-bond acceptors (Lipinski definition) is 5. The highest BCUT2D eigenvalue weighted by Crippen LogP contribution is 2.40. The normalized spacial score (nSPS) is 14.7. The molecule has 0 N–H and O–H groups in total. The molecule has 0 aliphatic heterocycles. The van der Waals surface area contributed by atoms with Crippen LogP contribution >= 0.6 is 11.3 Å². The lowest BCUT2D eigenvalue weighted by Gasteiger charge is -2.10. The Bertz CT molecular complexity index is 3470. The largest absolute Gasteiger partial charge is 0.456 e. The van der Waals surface area contributed by atoms with Crippen molar-refractivity contribution in [2.24, 2.45) is 0 Å². The maximum Gasteiger partial charge on any atom is 0.165 e. The van der Waals surface area contributed by atoms with Crippen LogP contribution in [-0.4, -0.2) is 15.0 Å². The molecule has 50 heavy (non-hydrogen) atoms. The van der Waals surface area contributed by atoms with Crippen molar-refractivity contribution in [3.63, 3.8) is 0 Å². The minimum atomic E-state index is -0.654. The molecular formula is C45H27N3OS. The van der Waals surface area contributed by atoms with Gasteiger partial charge in [-0.05, 0) is 46.5 Å². The van der Waals surface area contributed by atoms with Crippen LogP contribution in [0.3, 0.4) is 0 Å². The summed E-state index contributed by atoms with van der Waals surface area (Å²) in [6.07, 6.45) is 0. The highest BCUT2D eigenvalue weighted by atomic mass is 32.1. The van der Waals surface area contributed by atoms with Gasteiger partial charge in [0.2, 0.25) is 0 Å². The summed E-state index contributed by atoms with van der Waals surface area (Å²) in [5.74, 6) is 0.317. The Hall–Kier alpha value is -6.43. The van der Waals surface area contributed by atoms with Crippen LogP contribution in [0.4, 0.5) is 0 Å². The highest BCUT2D eigenvalue weighted by molar-refractivity contribution is 7.26. The number of aromatic nitrogens is 3. The van der Waals surface area contributed by atoms with Crippen LogP contribution in [0, 0.1) is 0 Å². The third-order valence-electron chi connectivity index (χ3n) is 8.58. The molecule has 10 aromatic rings. The molecule has 0 saturated carbocycles. The second-order valence-corrected chi connectivity index (χ2v) is 12.6. The zero-order valence-electron chi connectivity index (χ0n) is 36.9. The van der Waals surface area contributed by atoms with E-state index in [4.69, 9.17) is 29.0 Å². The van der Waals surface area contributed by atoms with Crippen molar-refractivity contribution in [3.8, 4) is 56.4 Å². The van der Waals surface area contributed by atoms with Crippen LogP contribution in [0.2, 0.25) is 0 Å². The quantitative estimate of drug-likeness (QED) is 0.183. The maximum atomic E-state index is 9.40. The number of thiophene rings is 1. The van der Waals surface area contributed by atoms with Gasteiger partial charge in [-0.15, -0.1) is 11.3 Å². The third kappa shape index (κ3) is 4.79. The first kappa shape index (κ1) is 19.5. The summed E-state index contributed by atoms with van der Waals surface area (Å²) < 4.78 is 105. The molecular weight excluding hydrogens is 631 g/mol. The van der Waals surface area contributed by atoms with Crippen molar-refractivity contribution in [1.29, 1.82) is 0 Å². The van der Waals surface area contributed by atoms with Gasteiger partial charge in [-0.1, -0.05) is 139 Å². The van der Waals surface area contributed by atoms with E-state index < -0.39 is 72.0 Å². The van der Waals surface area contributed by atoms with Gasteiger partial charge >= 0.3 is 0 Å². The average Bonchev–Trinajstić information content (AvgIpc) is 3.87. The molecule has 234 valence electrons. The minimum absolute atomic E-state index is 0.143. The topological polar surface area (TPSA) is 51.8 Å². The number of hydrogen-bond donors (Lipinski definition) is 0. The molecule has 0 aliphatic carbocycles. The summed E-state index contributed by atoms with van der Waals surface area (Å²) in [5, 5.41) is 1.65. The smallest absolute Gasteiger partial charge is 0.165 e. The summed E-state index contributed by atoms with van der Waals surface area (Å²) in [4.78, 5) is 14.6. The Morgan fingerprint density at radius 3 is 1.96 bits per heavy atom. The number of nitrogens with zero attached hydrogens (tertiary/aromatic N) is 3. The van der Waals surface area contributed by atoms with E-state index in [0.717, 1.165) is 31.3 Å². The van der Waals surface area contributed by atoms with Crippen molar-refractivity contribution in [2.75, 3.05) is 0 Å². The van der Waals surface area contributed by atoms with E-state index in [1.165, 1.54) is 0 Å². The molecule has 0 saturated heterocycles. The van der Waals surface area contributed by atoms with E-state index in [9.17, 15) is 5.48 Å². The van der Waals surface area contributed by atoms with Gasteiger partial charge in [0.25, 0.3) is 0 Å². The predicted octanol–water partition coefficient (Wildman–Crippen LogP) is 12.5. The van der Waals surface area contributed by atoms with E-state index in [1.54, 1.807) is 11.3 Å². The van der Waals surface area contributed by atoms with Crippen molar-refractivity contribution < 1.29 is 19.5 Å². The Kier molecular flexibility index (Phi) is 4.54. The third-order valence-corrected chi connectivity index (χ3v) is 9.80. The monoisotopic (exact) mass is 668 g/mol. The molecule has 3 heterocycles. The molecule has 0 radical (unpaired) electrons. The molecule has 0 atom stereocenters. The lowest BCUT2D eigenvalue weighted by Crippen LogP contribution is -2.00. The van der Waals surface area contributed by atoms with Crippen LogP contribution in [0.15, 0.2) is 168 Å². The second kappa shape index (κ2) is 11.6. The van der Waals surface area contributed by atoms with Gasteiger partial charge in [-0.25, -0.2) is 15.0 Å². The molecule has 0 spiro atoms. The van der Waals surface area contributed by atoms with Crippen LogP contribution < -0.4 is 0 Å². The second-order valence-electron chi connectivity index (χ2n) is 11.5. The van der Waals surface area contributed by atoms with Crippen molar-refractivity contribution in [2.45, 2.75) is 0 Å². The van der Waals surface area contributed by atoms with Crippen LogP contribution in [0.25, 0.3) is 98.5 Å². The minimum Gasteiger partial charge on any atom is -0.456 e. The molecule has 4 nitrogen and oxygen atoms in total. The Morgan fingerprint density at radius 1 is 0.440 bits per heavy atom. The van der Waals surface area contributed by atoms with Crippen molar-refractivity contribution >= 4 is 53.4 Å². The fraction of sp³-hybridized carbons (Fsp3) is 0. The van der Waals surface area contributed by atoms with E-state index in [-0.39, 0.29) is 50.5 Å². The lowest BCUT2D eigenvalue weighted by molar-refractivity contribution is 0.669. The molecule has 0 unspecified atom stereocenters. The van der Waals surface area contributed by atoms with Gasteiger partial charge < -0.3 is 4.42 Å². The fourth-order valence-electron chi connectivity index (χ4n) is 6.20. The first-order chi connectivity index (χ1) is 29.3. The Morgan fingerprint density at radius 2 is 1.10 bits per heavy atom. The number of fused-ring (bicyclic) bond motifs is 6. The van der Waals surface area contributed by atoms with Crippen molar-refractivity contribution in [3.05, 3.63) is 164 Å². The van der Waals surface area contributed by atoms with Gasteiger partial charge in [-0.2, -0.15) is 0 Å². The summed E-state index contributed by atoms with van der Waals surface area (Å²) in [6.45, 7) is 0. The lowest BCUT2D eigenvalue weighted by atomic mass is 9.98. The molecule has 0 bridgehead atoms.